The number of nitrogens with two attached hydrogens (primary N) is 1. The summed E-state index contributed by atoms with van der Waals surface area (Å²) < 4.78 is 25.6. The van der Waals surface area contributed by atoms with E-state index in [2.05, 4.69) is 22.1 Å². The van der Waals surface area contributed by atoms with Gasteiger partial charge in [-0.25, -0.2) is 23.7 Å². The van der Waals surface area contributed by atoms with Crippen molar-refractivity contribution < 1.29 is 13.6 Å². The number of hydrogen-bond acceptors (Lipinski definition) is 6. The SMILES string of the molecule is CN1C(=O)C2(N=C1N)c1cc(-c3cncnc3)ccc1CC[C@H]2CC1CCN(CC(F)F)CC1. The summed E-state index contributed by atoms with van der Waals surface area (Å²) >= 11 is 0. The van der Waals surface area contributed by atoms with E-state index in [0.717, 1.165) is 54.4 Å². The Kier molecular flexibility index (Phi) is 6.06. The quantitative estimate of drug-likeness (QED) is 0.729. The second-order valence-corrected chi connectivity index (χ2v) is 9.71. The van der Waals surface area contributed by atoms with E-state index in [9.17, 15) is 13.6 Å². The Bertz CT molecular complexity index is 1090. The van der Waals surface area contributed by atoms with E-state index >= 15 is 0 Å². The van der Waals surface area contributed by atoms with Crippen molar-refractivity contribution in [2.24, 2.45) is 22.6 Å². The van der Waals surface area contributed by atoms with Crippen molar-refractivity contribution in [2.45, 2.75) is 44.1 Å². The first-order valence-electron chi connectivity index (χ1n) is 11.9. The highest BCUT2D eigenvalue weighted by Gasteiger charge is 2.56. The van der Waals surface area contributed by atoms with Gasteiger partial charge in [0.15, 0.2) is 11.5 Å². The van der Waals surface area contributed by atoms with Gasteiger partial charge in [0.25, 0.3) is 12.3 Å². The third-order valence-electron chi connectivity index (χ3n) is 7.75. The van der Waals surface area contributed by atoms with Crippen LogP contribution in [0.5, 0.6) is 0 Å². The van der Waals surface area contributed by atoms with Gasteiger partial charge >= 0.3 is 0 Å². The fourth-order valence-corrected chi connectivity index (χ4v) is 5.93. The molecule has 2 atom stereocenters. The molecule has 5 rings (SSSR count). The van der Waals surface area contributed by atoms with Crippen LogP contribution in [0.2, 0.25) is 0 Å². The molecule has 0 radical (unpaired) electrons. The lowest BCUT2D eigenvalue weighted by Gasteiger charge is -2.42. The molecule has 34 heavy (non-hydrogen) atoms. The number of aryl methyl sites for hydroxylation is 1. The molecule has 1 aromatic carbocycles. The zero-order valence-corrected chi connectivity index (χ0v) is 19.3. The van der Waals surface area contributed by atoms with Gasteiger partial charge in [0.1, 0.15) is 6.33 Å². The average molecular weight is 469 g/mol. The zero-order valence-electron chi connectivity index (χ0n) is 19.3. The van der Waals surface area contributed by atoms with Crippen LogP contribution in [-0.4, -0.2) is 64.7 Å². The number of likely N-dealkylation sites (N-methyl/N-ethyl adjacent to an activating group) is 1. The molecule has 180 valence electrons. The highest BCUT2D eigenvalue weighted by molar-refractivity contribution is 6.07. The largest absolute Gasteiger partial charge is 0.369 e. The number of nitrogens with zero attached hydrogens (tertiary/aromatic N) is 5. The highest BCUT2D eigenvalue weighted by atomic mass is 19.3. The molecule has 1 aromatic heterocycles. The minimum absolute atomic E-state index is 0.00456. The second-order valence-electron chi connectivity index (χ2n) is 9.71. The summed E-state index contributed by atoms with van der Waals surface area (Å²) in [7, 11) is 1.68. The number of aliphatic imine (C=N–C) groups is 1. The van der Waals surface area contributed by atoms with E-state index in [-0.39, 0.29) is 24.3 Å². The van der Waals surface area contributed by atoms with Crippen LogP contribution in [0.4, 0.5) is 8.78 Å². The van der Waals surface area contributed by atoms with Crippen molar-refractivity contribution in [3.63, 3.8) is 0 Å². The predicted octanol–water partition coefficient (Wildman–Crippen LogP) is 3.06. The van der Waals surface area contributed by atoms with Crippen LogP contribution in [0, 0.1) is 11.8 Å². The normalized spacial score (nSPS) is 25.8. The molecule has 3 aliphatic rings. The van der Waals surface area contributed by atoms with Crippen LogP contribution in [0.25, 0.3) is 11.1 Å². The standard InChI is InChI=1S/C25H30F2N6O/c1-32-23(34)25(31-24(32)28)20(10-16-6-8-33(9-7-16)14-22(26)27)5-4-17-2-3-18(11-21(17)25)19-12-29-15-30-13-19/h2-3,11-13,15-16,20,22H,4-10,14H2,1H3,(H2,28,31)/t20-,25?/m0/s1. The Balaban J connectivity index is 1.47. The van der Waals surface area contributed by atoms with Gasteiger partial charge in [-0.15, -0.1) is 0 Å². The molecular formula is C25H30F2N6O. The first kappa shape index (κ1) is 22.8. The first-order valence-corrected chi connectivity index (χ1v) is 11.9. The number of carbonyl (C=O) groups excluding carboxylic acids is 1. The maximum atomic E-state index is 13.7. The zero-order chi connectivity index (χ0) is 23.9. The Labute approximate surface area is 198 Å². The lowest BCUT2D eigenvalue weighted by atomic mass is 9.65. The fourth-order valence-electron chi connectivity index (χ4n) is 5.93. The van der Waals surface area contributed by atoms with Crippen molar-refractivity contribution in [2.75, 3.05) is 26.7 Å². The van der Waals surface area contributed by atoms with Gasteiger partial charge in [-0.1, -0.05) is 12.1 Å². The molecule has 3 heterocycles. The predicted molar refractivity (Wildman–Crippen MR) is 125 cm³/mol. The van der Waals surface area contributed by atoms with Crippen molar-refractivity contribution in [3.05, 3.63) is 48.0 Å². The van der Waals surface area contributed by atoms with E-state index in [1.54, 1.807) is 19.4 Å². The van der Waals surface area contributed by atoms with Gasteiger partial charge in [0, 0.05) is 25.0 Å². The molecule has 0 saturated carbocycles. The van der Waals surface area contributed by atoms with Crippen LogP contribution in [0.1, 0.15) is 36.8 Å². The Morgan fingerprint density at radius 1 is 1.15 bits per heavy atom. The van der Waals surface area contributed by atoms with Crippen molar-refractivity contribution in [1.29, 1.82) is 0 Å². The van der Waals surface area contributed by atoms with Gasteiger partial charge in [-0.2, -0.15) is 0 Å². The summed E-state index contributed by atoms with van der Waals surface area (Å²) in [5, 5.41) is 0. The molecule has 2 N–H and O–H groups in total. The van der Waals surface area contributed by atoms with Crippen LogP contribution < -0.4 is 5.73 Å². The molecule has 2 aromatic rings. The van der Waals surface area contributed by atoms with Crippen molar-refractivity contribution in [1.82, 2.24) is 19.8 Å². The molecule has 9 heteroatoms. The molecular weight excluding hydrogens is 438 g/mol. The number of likely N-dealkylation sites (tertiary alicyclic amines) is 1. The van der Waals surface area contributed by atoms with E-state index in [4.69, 9.17) is 10.7 Å². The molecule has 0 bridgehead atoms. The average Bonchev–Trinajstić information content (AvgIpc) is 3.07. The number of amides is 1. The number of piperidine rings is 1. The van der Waals surface area contributed by atoms with E-state index < -0.39 is 12.0 Å². The Morgan fingerprint density at radius 3 is 2.53 bits per heavy atom. The topological polar surface area (TPSA) is 87.7 Å². The minimum Gasteiger partial charge on any atom is -0.369 e. The number of carbonyl (C=O) groups is 1. The molecule has 1 unspecified atom stereocenters. The number of guanidine groups is 1. The molecule has 1 fully saturated rings. The maximum Gasteiger partial charge on any atom is 0.261 e. The van der Waals surface area contributed by atoms with E-state index in [0.29, 0.717) is 19.0 Å². The lowest BCUT2D eigenvalue weighted by Crippen LogP contribution is -2.48. The molecule has 1 saturated heterocycles. The van der Waals surface area contributed by atoms with Gasteiger partial charge in [0.05, 0.1) is 6.54 Å². The number of benzene rings is 1. The Morgan fingerprint density at radius 2 is 1.88 bits per heavy atom. The molecule has 1 spiro atoms. The monoisotopic (exact) mass is 468 g/mol. The fraction of sp³-hybridized carbons (Fsp3) is 0.520. The number of hydrogen-bond donors (Lipinski definition) is 1. The summed E-state index contributed by atoms with van der Waals surface area (Å²) in [5.74, 6) is 0.527. The lowest BCUT2D eigenvalue weighted by molar-refractivity contribution is -0.133. The number of alkyl halides is 2. The van der Waals surface area contributed by atoms with E-state index in [1.165, 1.54) is 11.2 Å². The first-order chi connectivity index (χ1) is 16.4. The molecule has 1 amide bonds. The third-order valence-corrected chi connectivity index (χ3v) is 7.75. The van der Waals surface area contributed by atoms with Gasteiger partial charge in [0.2, 0.25) is 0 Å². The molecule has 2 aliphatic heterocycles. The number of aromatic nitrogens is 2. The summed E-state index contributed by atoms with van der Waals surface area (Å²) in [5.41, 5.74) is 9.00. The highest BCUT2D eigenvalue weighted by Crippen LogP contribution is 2.50. The third kappa shape index (κ3) is 3.96. The van der Waals surface area contributed by atoms with Crippen LogP contribution in [0.15, 0.2) is 41.9 Å². The van der Waals surface area contributed by atoms with Crippen LogP contribution in [0.3, 0.4) is 0 Å². The summed E-state index contributed by atoms with van der Waals surface area (Å²) in [6.45, 7) is 1.18. The van der Waals surface area contributed by atoms with Gasteiger partial charge in [-0.05, 0) is 79.8 Å². The molecule has 1 aliphatic carbocycles. The molecule has 7 nitrogen and oxygen atoms in total. The number of fused-ring (bicyclic) bond motifs is 2. The smallest absolute Gasteiger partial charge is 0.261 e. The Hall–Kier alpha value is -2.94. The van der Waals surface area contributed by atoms with Crippen LogP contribution in [-0.2, 0) is 16.8 Å². The summed E-state index contributed by atoms with van der Waals surface area (Å²) in [4.78, 5) is 30.2. The van der Waals surface area contributed by atoms with Crippen molar-refractivity contribution in [3.8, 4) is 11.1 Å². The summed E-state index contributed by atoms with van der Waals surface area (Å²) in [6, 6.07) is 6.18. The van der Waals surface area contributed by atoms with Gasteiger partial charge < -0.3 is 5.73 Å². The second kappa shape index (κ2) is 9.02. The van der Waals surface area contributed by atoms with Crippen LogP contribution >= 0.6 is 0 Å². The minimum atomic E-state index is -2.30. The van der Waals surface area contributed by atoms with E-state index in [1.807, 2.05) is 11.0 Å². The summed E-state index contributed by atoms with van der Waals surface area (Å²) in [6.07, 6.45) is 6.96. The van der Waals surface area contributed by atoms with Crippen molar-refractivity contribution >= 4 is 11.9 Å². The number of rotatable bonds is 5. The van der Waals surface area contributed by atoms with Gasteiger partial charge in [-0.3, -0.25) is 14.6 Å². The number of halogens is 2. The maximum absolute atomic E-state index is 13.7.